The van der Waals surface area contributed by atoms with Crippen LogP contribution in [0.1, 0.15) is 36.7 Å². The number of benzene rings is 3. The second kappa shape index (κ2) is 8.96. The topological polar surface area (TPSA) is 88.0 Å². The van der Waals surface area contributed by atoms with Crippen molar-refractivity contribution in [2.45, 2.75) is 32.9 Å². The van der Waals surface area contributed by atoms with Gasteiger partial charge < -0.3 is 16.0 Å². The zero-order chi connectivity index (χ0) is 25.4. The fourth-order valence-electron chi connectivity index (χ4n) is 4.20. The maximum atomic E-state index is 13.9. The maximum Gasteiger partial charge on any atom is 0.323 e. The normalized spacial score (nSPS) is 12.7. The summed E-state index contributed by atoms with van der Waals surface area (Å²) in [6, 6.07) is 18.8. The SMILES string of the molecule is CC(C)(C)n1cc(NC(=O)Nc2ccc(-c3cccc4c3CNC4=O)cc2)c(-c2cccc(F)c2)n1. The summed E-state index contributed by atoms with van der Waals surface area (Å²) >= 11 is 0. The second-order valence-corrected chi connectivity index (χ2v) is 9.69. The summed E-state index contributed by atoms with van der Waals surface area (Å²) in [5, 5.41) is 13.2. The van der Waals surface area contributed by atoms with E-state index in [4.69, 9.17) is 0 Å². The molecule has 0 saturated heterocycles. The maximum absolute atomic E-state index is 13.9. The van der Waals surface area contributed by atoms with Gasteiger partial charge in [0.15, 0.2) is 0 Å². The largest absolute Gasteiger partial charge is 0.348 e. The second-order valence-electron chi connectivity index (χ2n) is 9.69. The van der Waals surface area contributed by atoms with Crippen LogP contribution in [0.3, 0.4) is 0 Å². The van der Waals surface area contributed by atoms with E-state index in [0.29, 0.717) is 34.7 Å². The average molecular weight is 484 g/mol. The molecule has 3 aromatic carbocycles. The molecule has 3 amide bonds. The minimum Gasteiger partial charge on any atom is -0.348 e. The Kier molecular flexibility index (Phi) is 5.80. The van der Waals surface area contributed by atoms with Gasteiger partial charge in [0.2, 0.25) is 0 Å². The minimum atomic E-state index is -0.440. The van der Waals surface area contributed by atoms with Crippen LogP contribution in [-0.2, 0) is 12.1 Å². The van der Waals surface area contributed by atoms with Crippen molar-refractivity contribution in [3.8, 4) is 22.4 Å². The molecule has 5 rings (SSSR count). The molecule has 2 heterocycles. The number of carbonyl (C=O) groups is 2. The first-order valence-corrected chi connectivity index (χ1v) is 11.6. The molecule has 1 aliphatic rings. The highest BCUT2D eigenvalue weighted by molar-refractivity contribution is 6.02. The van der Waals surface area contributed by atoms with Gasteiger partial charge in [0, 0.05) is 29.6 Å². The lowest BCUT2D eigenvalue weighted by Crippen LogP contribution is -2.22. The highest BCUT2D eigenvalue weighted by Gasteiger charge is 2.22. The van der Waals surface area contributed by atoms with E-state index in [9.17, 15) is 14.0 Å². The highest BCUT2D eigenvalue weighted by Crippen LogP contribution is 2.31. The number of anilines is 2. The number of hydrogen-bond donors (Lipinski definition) is 3. The monoisotopic (exact) mass is 483 g/mol. The number of carbonyl (C=O) groups excluding carboxylic acids is 2. The van der Waals surface area contributed by atoms with E-state index in [1.54, 1.807) is 23.0 Å². The molecule has 0 spiro atoms. The van der Waals surface area contributed by atoms with E-state index in [0.717, 1.165) is 16.7 Å². The minimum absolute atomic E-state index is 0.0609. The summed E-state index contributed by atoms with van der Waals surface area (Å²) < 4.78 is 15.6. The molecule has 4 aromatic rings. The van der Waals surface area contributed by atoms with E-state index in [-0.39, 0.29) is 17.3 Å². The molecule has 0 saturated carbocycles. The Hall–Kier alpha value is -4.46. The lowest BCUT2D eigenvalue weighted by atomic mass is 9.97. The molecule has 36 heavy (non-hydrogen) atoms. The van der Waals surface area contributed by atoms with E-state index in [1.165, 1.54) is 12.1 Å². The Labute approximate surface area is 208 Å². The van der Waals surface area contributed by atoms with Crippen molar-refractivity contribution in [2.75, 3.05) is 10.6 Å². The summed E-state index contributed by atoms with van der Waals surface area (Å²) in [5.74, 6) is -0.438. The van der Waals surface area contributed by atoms with E-state index < -0.39 is 6.03 Å². The van der Waals surface area contributed by atoms with Gasteiger partial charge in [-0.25, -0.2) is 9.18 Å². The van der Waals surface area contributed by atoms with Gasteiger partial charge in [-0.2, -0.15) is 5.10 Å². The van der Waals surface area contributed by atoms with Gasteiger partial charge in [-0.05, 0) is 67.8 Å². The lowest BCUT2D eigenvalue weighted by Gasteiger charge is -2.18. The molecule has 0 unspecified atom stereocenters. The molecule has 8 heteroatoms. The molecule has 0 radical (unpaired) electrons. The third kappa shape index (κ3) is 4.57. The van der Waals surface area contributed by atoms with Crippen LogP contribution in [0.2, 0.25) is 0 Å². The van der Waals surface area contributed by atoms with Crippen LogP contribution in [0.4, 0.5) is 20.6 Å². The van der Waals surface area contributed by atoms with Crippen LogP contribution >= 0.6 is 0 Å². The molecule has 1 aromatic heterocycles. The zero-order valence-electron chi connectivity index (χ0n) is 20.2. The molecule has 3 N–H and O–H groups in total. The smallest absolute Gasteiger partial charge is 0.323 e. The molecule has 182 valence electrons. The highest BCUT2D eigenvalue weighted by atomic mass is 19.1. The number of aromatic nitrogens is 2. The van der Waals surface area contributed by atoms with E-state index >= 15 is 0 Å². The van der Waals surface area contributed by atoms with Gasteiger partial charge >= 0.3 is 6.03 Å². The first-order chi connectivity index (χ1) is 17.2. The zero-order valence-corrected chi connectivity index (χ0v) is 20.2. The number of amides is 3. The number of hydrogen-bond acceptors (Lipinski definition) is 3. The Morgan fingerprint density at radius 2 is 1.69 bits per heavy atom. The van der Waals surface area contributed by atoms with Gasteiger partial charge in [0.25, 0.3) is 5.91 Å². The summed E-state index contributed by atoms with van der Waals surface area (Å²) in [7, 11) is 0. The summed E-state index contributed by atoms with van der Waals surface area (Å²) in [6.45, 7) is 6.49. The van der Waals surface area contributed by atoms with Crippen molar-refractivity contribution in [3.63, 3.8) is 0 Å². The molecule has 7 nitrogen and oxygen atoms in total. The van der Waals surface area contributed by atoms with Crippen LogP contribution in [0.5, 0.6) is 0 Å². The number of nitrogens with zero attached hydrogens (tertiary/aromatic N) is 2. The molecule has 0 bridgehead atoms. The van der Waals surface area contributed by atoms with Crippen LogP contribution in [-0.4, -0.2) is 21.7 Å². The van der Waals surface area contributed by atoms with E-state index in [2.05, 4.69) is 21.0 Å². The molecule has 1 aliphatic heterocycles. The van der Waals surface area contributed by atoms with Crippen LogP contribution in [0.15, 0.2) is 72.9 Å². The third-order valence-electron chi connectivity index (χ3n) is 6.05. The third-order valence-corrected chi connectivity index (χ3v) is 6.05. The van der Waals surface area contributed by atoms with Gasteiger partial charge in [-0.15, -0.1) is 0 Å². The Bertz CT molecular complexity index is 1470. The standard InChI is InChI=1S/C28H26FN5O2/c1-28(2,3)34-16-24(25(33-34)18-6-4-7-19(29)14-18)32-27(36)31-20-12-10-17(11-13-20)21-8-5-9-22-23(21)15-30-26(22)35/h4-14,16H,15H2,1-3H3,(H,30,35)(H2,31,32,36). The summed E-state index contributed by atoms with van der Waals surface area (Å²) in [6.07, 6.45) is 1.74. The molecular weight excluding hydrogens is 457 g/mol. The molecule has 0 aliphatic carbocycles. The van der Waals surface area contributed by atoms with Gasteiger partial charge in [0.1, 0.15) is 11.5 Å². The van der Waals surface area contributed by atoms with Crippen LogP contribution in [0, 0.1) is 5.82 Å². The van der Waals surface area contributed by atoms with Gasteiger partial charge in [-0.1, -0.05) is 36.4 Å². The molecule has 0 atom stereocenters. The number of halogens is 1. The predicted octanol–water partition coefficient (Wildman–Crippen LogP) is 6.00. The fourth-order valence-corrected chi connectivity index (χ4v) is 4.20. The number of nitrogens with one attached hydrogen (secondary N) is 3. The van der Waals surface area contributed by atoms with E-state index in [1.807, 2.05) is 63.2 Å². The Morgan fingerprint density at radius 1 is 0.972 bits per heavy atom. The molecular formula is C28H26FN5O2. The first-order valence-electron chi connectivity index (χ1n) is 11.6. The molecule has 0 fully saturated rings. The summed E-state index contributed by atoms with van der Waals surface area (Å²) in [4.78, 5) is 24.8. The van der Waals surface area contributed by atoms with Gasteiger partial charge in [0.05, 0.1) is 11.2 Å². The number of rotatable bonds is 4. The van der Waals surface area contributed by atoms with Crippen LogP contribution in [0.25, 0.3) is 22.4 Å². The lowest BCUT2D eigenvalue weighted by molar-refractivity contribution is 0.0965. The fraction of sp³-hybridized carbons (Fsp3) is 0.179. The van der Waals surface area contributed by atoms with Crippen molar-refractivity contribution in [2.24, 2.45) is 0 Å². The van der Waals surface area contributed by atoms with Crippen molar-refractivity contribution >= 4 is 23.3 Å². The first kappa shape index (κ1) is 23.3. The Morgan fingerprint density at radius 3 is 2.42 bits per heavy atom. The Balaban J connectivity index is 1.35. The average Bonchev–Trinajstić information content (AvgIpc) is 3.43. The predicted molar refractivity (Wildman–Crippen MR) is 138 cm³/mol. The van der Waals surface area contributed by atoms with Crippen molar-refractivity contribution in [3.05, 3.63) is 89.9 Å². The van der Waals surface area contributed by atoms with Crippen molar-refractivity contribution in [1.29, 1.82) is 0 Å². The van der Waals surface area contributed by atoms with Crippen LogP contribution < -0.4 is 16.0 Å². The number of fused-ring (bicyclic) bond motifs is 1. The summed E-state index contributed by atoms with van der Waals surface area (Å²) in [5.41, 5.74) is 5.41. The quantitative estimate of drug-likeness (QED) is 0.333. The number of urea groups is 1. The van der Waals surface area contributed by atoms with Gasteiger partial charge in [-0.3, -0.25) is 9.48 Å². The van der Waals surface area contributed by atoms with Crippen molar-refractivity contribution < 1.29 is 14.0 Å². The van der Waals surface area contributed by atoms with Crippen molar-refractivity contribution in [1.82, 2.24) is 15.1 Å².